The van der Waals surface area contributed by atoms with Crippen LogP contribution in [-0.4, -0.2) is 5.84 Å². The summed E-state index contributed by atoms with van der Waals surface area (Å²) < 4.78 is 6.49. The highest BCUT2D eigenvalue weighted by Crippen LogP contribution is 2.41. The van der Waals surface area contributed by atoms with Gasteiger partial charge in [-0.25, -0.2) is 4.99 Å². The molecule has 51 heavy (non-hydrogen) atoms. The minimum Gasteiger partial charge on any atom is -0.456 e. The van der Waals surface area contributed by atoms with E-state index in [1.807, 2.05) is 6.07 Å². The lowest BCUT2D eigenvalue weighted by molar-refractivity contribution is 0.412. The minimum atomic E-state index is -0.302. The maximum Gasteiger partial charge on any atom is 0.135 e. The molecule has 9 aromatic rings. The predicted octanol–water partition coefficient (Wildman–Crippen LogP) is 11.6. The van der Waals surface area contributed by atoms with Gasteiger partial charge in [0.2, 0.25) is 0 Å². The third kappa shape index (κ3) is 5.25. The van der Waals surface area contributed by atoms with Crippen molar-refractivity contribution in [3.05, 3.63) is 193 Å². The zero-order valence-electron chi connectivity index (χ0n) is 27.8. The van der Waals surface area contributed by atoms with Crippen LogP contribution in [0.2, 0.25) is 0 Å². The summed E-state index contributed by atoms with van der Waals surface area (Å²) in [5.41, 5.74) is 9.67. The van der Waals surface area contributed by atoms with E-state index in [9.17, 15) is 0 Å². The third-order valence-electron chi connectivity index (χ3n) is 10.2. The third-order valence-corrected chi connectivity index (χ3v) is 10.2. The van der Waals surface area contributed by atoms with Gasteiger partial charge in [0, 0.05) is 21.9 Å². The number of nitrogens with one attached hydrogen (secondary N) is 2. The van der Waals surface area contributed by atoms with Crippen molar-refractivity contribution in [1.82, 2.24) is 10.6 Å². The van der Waals surface area contributed by atoms with E-state index >= 15 is 0 Å². The van der Waals surface area contributed by atoms with Crippen molar-refractivity contribution >= 4 is 49.3 Å². The standard InChI is InChI=1S/C47H33N3O/c1-2-10-30(11-3-1)33-18-22-34(23-19-33)39-26-27-42-43(40-16-8-9-17-41(40)51-42)44(39)47-49-45(37-24-20-31-12-4-6-14-35(31)28-37)48-46(50-47)38-25-21-32-13-5-7-15-36(32)29-38/h1-29,45,47,49H,(H,48,50). The van der Waals surface area contributed by atoms with Crippen molar-refractivity contribution in [3.8, 4) is 22.3 Å². The van der Waals surface area contributed by atoms with Gasteiger partial charge in [-0.15, -0.1) is 0 Å². The van der Waals surface area contributed by atoms with E-state index in [-0.39, 0.29) is 12.3 Å². The first kappa shape index (κ1) is 29.4. The molecule has 4 heteroatoms. The number of aliphatic imine (C=N–C) groups is 1. The Bertz CT molecular complexity index is 2760. The topological polar surface area (TPSA) is 49.6 Å². The van der Waals surface area contributed by atoms with Crippen molar-refractivity contribution < 1.29 is 4.42 Å². The molecular weight excluding hydrogens is 623 g/mol. The van der Waals surface area contributed by atoms with Gasteiger partial charge in [0.1, 0.15) is 29.3 Å². The van der Waals surface area contributed by atoms with E-state index in [1.165, 1.54) is 32.7 Å². The van der Waals surface area contributed by atoms with E-state index in [0.29, 0.717) is 0 Å². The number of hydrogen-bond donors (Lipinski definition) is 2. The fraction of sp³-hybridized carbons (Fsp3) is 0.0426. The predicted molar refractivity (Wildman–Crippen MR) is 211 cm³/mol. The van der Waals surface area contributed by atoms with Gasteiger partial charge in [0.05, 0.1) is 0 Å². The molecule has 2 heterocycles. The van der Waals surface area contributed by atoms with Gasteiger partial charge in [-0.2, -0.15) is 0 Å². The first-order chi connectivity index (χ1) is 25.2. The lowest BCUT2D eigenvalue weighted by Gasteiger charge is -2.34. The van der Waals surface area contributed by atoms with Gasteiger partial charge in [0.15, 0.2) is 0 Å². The Kier molecular flexibility index (Phi) is 7.00. The molecular formula is C47H33N3O. The molecule has 242 valence electrons. The molecule has 0 radical (unpaired) electrons. The molecule has 10 rings (SSSR count). The Morgan fingerprint density at radius 2 is 1.10 bits per heavy atom. The molecule has 2 atom stereocenters. The molecule has 1 aliphatic rings. The van der Waals surface area contributed by atoms with Crippen molar-refractivity contribution in [2.45, 2.75) is 12.3 Å². The number of hydrogen-bond acceptors (Lipinski definition) is 4. The number of rotatable bonds is 5. The summed E-state index contributed by atoms with van der Waals surface area (Å²) in [6, 6.07) is 62.3. The Hall–Kier alpha value is -6.49. The molecule has 0 fully saturated rings. The molecule has 0 bridgehead atoms. The van der Waals surface area contributed by atoms with Gasteiger partial charge < -0.3 is 9.73 Å². The van der Waals surface area contributed by atoms with Crippen LogP contribution in [0.1, 0.15) is 29.0 Å². The van der Waals surface area contributed by atoms with Crippen LogP contribution >= 0.6 is 0 Å². The summed E-state index contributed by atoms with van der Waals surface area (Å²) in [5.74, 6) is 0.845. The Labute approximate surface area is 295 Å². The van der Waals surface area contributed by atoms with E-state index in [2.05, 4.69) is 180 Å². The zero-order chi connectivity index (χ0) is 33.7. The highest BCUT2D eigenvalue weighted by molar-refractivity contribution is 6.10. The maximum absolute atomic E-state index is 6.49. The molecule has 0 spiro atoms. The number of para-hydroxylation sites is 1. The highest BCUT2D eigenvalue weighted by atomic mass is 16.3. The van der Waals surface area contributed by atoms with Gasteiger partial charge in [-0.05, 0) is 73.6 Å². The lowest BCUT2D eigenvalue weighted by atomic mass is 9.91. The van der Waals surface area contributed by atoms with Crippen LogP contribution in [0.15, 0.2) is 185 Å². The van der Waals surface area contributed by atoms with Crippen molar-refractivity contribution in [1.29, 1.82) is 0 Å². The van der Waals surface area contributed by atoms with Gasteiger partial charge in [-0.1, -0.05) is 152 Å². The van der Waals surface area contributed by atoms with Gasteiger partial charge in [0.25, 0.3) is 0 Å². The largest absolute Gasteiger partial charge is 0.456 e. The van der Waals surface area contributed by atoms with Crippen molar-refractivity contribution in [2.75, 3.05) is 0 Å². The summed E-state index contributed by atoms with van der Waals surface area (Å²) in [4.78, 5) is 5.36. The van der Waals surface area contributed by atoms with Crippen LogP contribution in [0.3, 0.4) is 0 Å². The van der Waals surface area contributed by atoms with Crippen LogP contribution in [0.4, 0.5) is 0 Å². The molecule has 4 nitrogen and oxygen atoms in total. The smallest absolute Gasteiger partial charge is 0.135 e. The van der Waals surface area contributed by atoms with E-state index in [0.717, 1.165) is 55.6 Å². The van der Waals surface area contributed by atoms with E-state index < -0.39 is 0 Å². The number of benzene rings is 8. The number of fused-ring (bicyclic) bond motifs is 5. The number of furan rings is 1. The summed E-state index contributed by atoms with van der Waals surface area (Å²) in [7, 11) is 0. The molecule has 0 saturated carbocycles. The quantitative estimate of drug-likeness (QED) is 0.194. The first-order valence-corrected chi connectivity index (χ1v) is 17.4. The molecule has 1 aliphatic heterocycles. The molecule has 0 aliphatic carbocycles. The maximum atomic E-state index is 6.49. The first-order valence-electron chi connectivity index (χ1n) is 17.4. The molecule has 0 amide bonds. The second kappa shape index (κ2) is 12.1. The summed E-state index contributed by atoms with van der Waals surface area (Å²) in [6.45, 7) is 0. The second-order valence-electron chi connectivity index (χ2n) is 13.2. The Morgan fingerprint density at radius 3 is 1.90 bits per heavy atom. The Morgan fingerprint density at radius 1 is 0.471 bits per heavy atom. The van der Waals surface area contributed by atoms with Crippen molar-refractivity contribution in [3.63, 3.8) is 0 Å². The van der Waals surface area contributed by atoms with Crippen LogP contribution in [0.25, 0.3) is 65.7 Å². The van der Waals surface area contributed by atoms with Crippen LogP contribution in [0, 0.1) is 0 Å². The molecule has 1 aromatic heterocycles. The van der Waals surface area contributed by atoms with E-state index in [1.54, 1.807) is 0 Å². The van der Waals surface area contributed by atoms with Gasteiger partial charge in [-0.3, -0.25) is 5.32 Å². The van der Waals surface area contributed by atoms with Crippen LogP contribution in [-0.2, 0) is 0 Å². The number of amidine groups is 1. The number of nitrogens with zero attached hydrogens (tertiary/aromatic N) is 1. The van der Waals surface area contributed by atoms with Crippen molar-refractivity contribution in [2.24, 2.45) is 4.99 Å². The summed E-state index contributed by atoms with van der Waals surface area (Å²) in [5, 5.41) is 14.8. The minimum absolute atomic E-state index is 0.297. The fourth-order valence-electron chi connectivity index (χ4n) is 7.61. The van der Waals surface area contributed by atoms with Crippen LogP contribution < -0.4 is 10.6 Å². The highest BCUT2D eigenvalue weighted by Gasteiger charge is 2.30. The van der Waals surface area contributed by atoms with Gasteiger partial charge >= 0.3 is 0 Å². The molecule has 0 saturated heterocycles. The lowest BCUT2D eigenvalue weighted by Crippen LogP contribution is -2.45. The SMILES string of the molecule is c1ccc(-c2ccc(-c3ccc4oc5ccccc5c4c3C3NC(c4ccc5ccccc5c4)=NC(c4ccc5ccccc5c4)N3)cc2)cc1. The monoisotopic (exact) mass is 655 g/mol. The van der Waals surface area contributed by atoms with E-state index in [4.69, 9.17) is 9.41 Å². The average molecular weight is 656 g/mol. The Balaban J connectivity index is 1.17. The fourth-order valence-corrected chi connectivity index (χ4v) is 7.61. The molecule has 2 unspecified atom stereocenters. The summed E-state index contributed by atoms with van der Waals surface area (Å²) in [6.07, 6.45) is -0.599. The zero-order valence-corrected chi connectivity index (χ0v) is 27.8. The molecule has 8 aromatic carbocycles. The second-order valence-corrected chi connectivity index (χ2v) is 13.2. The molecule has 2 N–H and O–H groups in total. The summed E-state index contributed by atoms with van der Waals surface area (Å²) >= 11 is 0. The van der Waals surface area contributed by atoms with Crippen LogP contribution in [0.5, 0.6) is 0 Å². The normalized spacial score (nSPS) is 16.0. The average Bonchev–Trinajstić information content (AvgIpc) is 3.59.